The fraction of sp³-hybridized carbons (Fsp3) is 0.625. The molecule has 0 spiro atoms. The third-order valence-corrected chi connectivity index (χ3v) is 3.94. The maximum atomic E-state index is 10.1. The number of aliphatic hydroxyl groups is 1. The Kier molecular flexibility index (Phi) is 5.26. The first-order valence-electron chi connectivity index (χ1n) is 7.26. The van der Waals surface area contributed by atoms with Crippen LogP contribution >= 0.6 is 0 Å². The monoisotopic (exact) mass is 279 g/mol. The fourth-order valence-electron chi connectivity index (χ4n) is 3.06. The first kappa shape index (κ1) is 15.1. The van der Waals surface area contributed by atoms with Crippen LogP contribution in [0.15, 0.2) is 18.2 Å². The summed E-state index contributed by atoms with van der Waals surface area (Å²) in [7, 11) is 3.40. The van der Waals surface area contributed by atoms with Gasteiger partial charge in [-0.25, -0.2) is 0 Å². The van der Waals surface area contributed by atoms with Gasteiger partial charge in [-0.3, -0.25) is 0 Å². The number of methoxy groups -OCH3 is 2. The van der Waals surface area contributed by atoms with Gasteiger partial charge in [-0.05, 0) is 37.8 Å². The number of ether oxygens (including phenoxy) is 2. The van der Waals surface area contributed by atoms with Crippen LogP contribution in [-0.2, 0) is 4.74 Å². The van der Waals surface area contributed by atoms with Crippen LogP contribution in [0.3, 0.4) is 0 Å². The number of aliphatic hydroxyl groups excluding tert-OH is 1. The summed E-state index contributed by atoms with van der Waals surface area (Å²) in [5.74, 6) is 1.31. The van der Waals surface area contributed by atoms with E-state index in [4.69, 9.17) is 9.47 Å². The lowest BCUT2D eigenvalue weighted by atomic mass is 9.96. The first-order valence-corrected chi connectivity index (χ1v) is 7.26. The molecule has 0 aromatic heterocycles. The summed E-state index contributed by atoms with van der Waals surface area (Å²) in [6, 6.07) is 5.96. The number of rotatable bonds is 5. The van der Waals surface area contributed by atoms with Crippen molar-refractivity contribution in [1.29, 1.82) is 0 Å². The van der Waals surface area contributed by atoms with Crippen LogP contribution in [0.2, 0.25) is 0 Å². The molecule has 2 rings (SSSR count). The Labute approximate surface area is 121 Å². The molecular weight excluding hydrogens is 254 g/mol. The molecule has 1 heterocycles. The lowest BCUT2D eigenvalue weighted by molar-refractivity contribution is 0.143. The Hall–Kier alpha value is -1.26. The number of benzene rings is 1. The van der Waals surface area contributed by atoms with Crippen molar-refractivity contribution in [1.82, 2.24) is 0 Å². The molecule has 0 aliphatic carbocycles. The Morgan fingerprint density at radius 2 is 2.20 bits per heavy atom. The van der Waals surface area contributed by atoms with E-state index in [1.165, 1.54) is 6.42 Å². The molecule has 0 bridgehead atoms. The van der Waals surface area contributed by atoms with Crippen molar-refractivity contribution >= 4 is 5.69 Å². The van der Waals surface area contributed by atoms with Gasteiger partial charge in [0.2, 0.25) is 0 Å². The molecule has 4 nitrogen and oxygen atoms in total. The zero-order valence-corrected chi connectivity index (χ0v) is 12.6. The van der Waals surface area contributed by atoms with E-state index in [2.05, 4.69) is 11.0 Å². The van der Waals surface area contributed by atoms with E-state index in [1.807, 2.05) is 12.1 Å². The zero-order valence-electron chi connectivity index (χ0n) is 12.6. The number of hydrogen-bond donors (Lipinski definition) is 1. The molecule has 0 amide bonds. The highest BCUT2D eigenvalue weighted by Crippen LogP contribution is 2.36. The molecule has 1 N–H and O–H groups in total. The first-order chi connectivity index (χ1) is 9.67. The molecule has 20 heavy (non-hydrogen) atoms. The van der Waals surface area contributed by atoms with Crippen LogP contribution in [0, 0.1) is 5.92 Å². The second-order valence-electron chi connectivity index (χ2n) is 5.48. The van der Waals surface area contributed by atoms with E-state index in [1.54, 1.807) is 21.1 Å². The number of piperidine rings is 1. The minimum absolute atomic E-state index is 0.538. The van der Waals surface area contributed by atoms with Crippen molar-refractivity contribution < 1.29 is 14.6 Å². The molecule has 1 aliphatic rings. The van der Waals surface area contributed by atoms with E-state index < -0.39 is 6.10 Å². The molecule has 0 saturated carbocycles. The van der Waals surface area contributed by atoms with Gasteiger partial charge in [-0.15, -0.1) is 0 Å². The minimum atomic E-state index is -0.538. The van der Waals surface area contributed by atoms with Gasteiger partial charge in [0, 0.05) is 31.5 Å². The molecule has 2 unspecified atom stereocenters. The van der Waals surface area contributed by atoms with Crippen molar-refractivity contribution in [2.24, 2.45) is 5.92 Å². The van der Waals surface area contributed by atoms with E-state index >= 15 is 0 Å². The summed E-state index contributed by atoms with van der Waals surface area (Å²) >= 11 is 0. The van der Waals surface area contributed by atoms with Gasteiger partial charge in [0.15, 0.2) is 0 Å². The third-order valence-electron chi connectivity index (χ3n) is 3.94. The van der Waals surface area contributed by atoms with Crippen LogP contribution in [0.1, 0.15) is 31.4 Å². The standard InChI is InChI=1S/C16H25NO3/c1-12(18)16-14(7-4-8-15(16)20-3)17-9-5-6-13(10-17)11-19-2/h4,7-8,12-13,18H,5-6,9-11H2,1-3H3. The summed E-state index contributed by atoms with van der Waals surface area (Å²) in [5, 5.41) is 10.1. The SMILES string of the molecule is COCC1CCCN(c2cccc(OC)c2C(C)O)C1. The molecule has 1 aromatic carbocycles. The average molecular weight is 279 g/mol. The van der Waals surface area contributed by atoms with Crippen molar-refractivity contribution in [2.45, 2.75) is 25.9 Å². The highest BCUT2D eigenvalue weighted by Gasteiger charge is 2.24. The zero-order chi connectivity index (χ0) is 14.5. The van der Waals surface area contributed by atoms with Gasteiger partial charge in [-0.1, -0.05) is 6.07 Å². The quantitative estimate of drug-likeness (QED) is 0.899. The van der Waals surface area contributed by atoms with Crippen molar-refractivity contribution in [3.8, 4) is 5.75 Å². The number of hydrogen-bond acceptors (Lipinski definition) is 4. The van der Waals surface area contributed by atoms with Crippen LogP contribution < -0.4 is 9.64 Å². The van der Waals surface area contributed by atoms with Gasteiger partial charge in [0.05, 0.1) is 19.8 Å². The van der Waals surface area contributed by atoms with Crippen LogP contribution in [0.25, 0.3) is 0 Å². The normalized spacial score (nSPS) is 20.8. The van der Waals surface area contributed by atoms with Crippen molar-refractivity contribution in [3.05, 3.63) is 23.8 Å². The molecule has 1 fully saturated rings. The van der Waals surface area contributed by atoms with Gasteiger partial charge >= 0.3 is 0 Å². The topological polar surface area (TPSA) is 41.9 Å². The third kappa shape index (κ3) is 3.25. The van der Waals surface area contributed by atoms with Crippen LogP contribution in [0.5, 0.6) is 5.75 Å². The second-order valence-corrected chi connectivity index (χ2v) is 5.48. The molecule has 112 valence electrons. The van der Waals surface area contributed by atoms with Gasteiger partial charge in [0.1, 0.15) is 5.75 Å². The van der Waals surface area contributed by atoms with Crippen molar-refractivity contribution in [2.75, 3.05) is 38.8 Å². The molecular formula is C16H25NO3. The summed E-state index contributed by atoms with van der Waals surface area (Å²) < 4.78 is 10.7. The summed E-state index contributed by atoms with van der Waals surface area (Å²) in [4.78, 5) is 2.34. The molecule has 1 aliphatic heterocycles. The Bertz CT molecular complexity index is 432. The number of anilines is 1. The average Bonchev–Trinajstić information content (AvgIpc) is 2.47. The Balaban J connectivity index is 2.27. The molecule has 4 heteroatoms. The second kappa shape index (κ2) is 6.95. The van der Waals surface area contributed by atoms with Crippen molar-refractivity contribution in [3.63, 3.8) is 0 Å². The Morgan fingerprint density at radius 1 is 1.40 bits per heavy atom. The largest absolute Gasteiger partial charge is 0.496 e. The smallest absolute Gasteiger partial charge is 0.126 e. The van der Waals surface area contributed by atoms with E-state index in [0.717, 1.165) is 43.1 Å². The summed E-state index contributed by atoms with van der Waals surface area (Å²) in [6.45, 7) is 4.58. The summed E-state index contributed by atoms with van der Waals surface area (Å²) in [6.07, 6.45) is 1.83. The molecule has 2 atom stereocenters. The fourth-order valence-corrected chi connectivity index (χ4v) is 3.06. The Morgan fingerprint density at radius 3 is 2.85 bits per heavy atom. The highest BCUT2D eigenvalue weighted by atomic mass is 16.5. The maximum Gasteiger partial charge on any atom is 0.126 e. The predicted octanol–water partition coefficient (Wildman–Crippen LogP) is 2.61. The van der Waals surface area contributed by atoms with E-state index in [-0.39, 0.29) is 0 Å². The van der Waals surface area contributed by atoms with Gasteiger partial charge in [0.25, 0.3) is 0 Å². The lowest BCUT2D eigenvalue weighted by Crippen LogP contribution is -2.37. The lowest BCUT2D eigenvalue weighted by Gasteiger charge is -2.36. The van der Waals surface area contributed by atoms with Gasteiger partial charge in [-0.2, -0.15) is 0 Å². The van der Waals surface area contributed by atoms with Crippen LogP contribution in [0.4, 0.5) is 5.69 Å². The number of nitrogens with zero attached hydrogens (tertiary/aromatic N) is 1. The van der Waals surface area contributed by atoms with Crippen LogP contribution in [-0.4, -0.2) is 39.0 Å². The maximum absolute atomic E-state index is 10.1. The highest BCUT2D eigenvalue weighted by molar-refractivity contribution is 5.60. The van der Waals surface area contributed by atoms with Gasteiger partial charge < -0.3 is 19.5 Å². The molecule has 0 radical (unpaired) electrons. The van der Waals surface area contributed by atoms with E-state index in [0.29, 0.717) is 5.92 Å². The molecule has 1 saturated heterocycles. The summed E-state index contributed by atoms with van der Waals surface area (Å²) in [5.41, 5.74) is 1.97. The predicted molar refractivity (Wildman–Crippen MR) is 80.4 cm³/mol. The van der Waals surface area contributed by atoms with E-state index in [9.17, 15) is 5.11 Å². The molecule has 1 aromatic rings. The minimum Gasteiger partial charge on any atom is -0.496 e.